The standard InChI is InChI=1S/C30H31F6N3O2/c1-18-4-3-5-22-12-23(27(37-26(18)22)38(14-19-6-7-19)15-20-8-9-20)17-39(28(40)41-2)16-21-10-24(29(31,32)33)13-25(11-21)30(34,35)36/h3-5,10-13,19-20H,6-9,14-17H2,1-2H3. The summed E-state index contributed by atoms with van der Waals surface area (Å²) in [7, 11) is 1.12. The van der Waals surface area contributed by atoms with Crippen LogP contribution in [0.2, 0.25) is 0 Å². The van der Waals surface area contributed by atoms with E-state index in [-0.39, 0.29) is 18.2 Å². The summed E-state index contributed by atoms with van der Waals surface area (Å²) in [6.45, 7) is 2.93. The Morgan fingerprint density at radius 1 is 0.902 bits per heavy atom. The van der Waals surface area contributed by atoms with Crippen LogP contribution < -0.4 is 4.90 Å². The van der Waals surface area contributed by atoms with Crippen molar-refractivity contribution in [1.29, 1.82) is 0 Å². The highest BCUT2D eigenvalue weighted by atomic mass is 19.4. The van der Waals surface area contributed by atoms with Crippen LogP contribution in [0, 0.1) is 18.8 Å². The molecule has 0 aliphatic heterocycles. The van der Waals surface area contributed by atoms with Gasteiger partial charge < -0.3 is 9.64 Å². The van der Waals surface area contributed by atoms with Crippen molar-refractivity contribution in [1.82, 2.24) is 9.88 Å². The second kappa shape index (κ2) is 11.1. The van der Waals surface area contributed by atoms with Crippen molar-refractivity contribution in [2.75, 3.05) is 25.1 Å². The van der Waals surface area contributed by atoms with Crippen LogP contribution in [0.25, 0.3) is 10.9 Å². The number of carbonyl (C=O) groups is 1. The topological polar surface area (TPSA) is 45.7 Å². The van der Waals surface area contributed by atoms with Gasteiger partial charge in [-0.1, -0.05) is 18.2 Å². The summed E-state index contributed by atoms with van der Waals surface area (Å²) >= 11 is 0. The Morgan fingerprint density at radius 3 is 2.00 bits per heavy atom. The molecular weight excluding hydrogens is 548 g/mol. The summed E-state index contributed by atoms with van der Waals surface area (Å²) < 4.78 is 85.9. The molecular formula is C30H31F6N3O2. The third-order valence-corrected chi connectivity index (χ3v) is 7.57. The van der Waals surface area contributed by atoms with Gasteiger partial charge in [-0.25, -0.2) is 9.78 Å². The van der Waals surface area contributed by atoms with E-state index < -0.39 is 36.1 Å². The molecule has 2 aliphatic rings. The first-order chi connectivity index (χ1) is 19.3. The number of amides is 1. The number of anilines is 1. The van der Waals surface area contributed by atoms with Gasteiger partial charge in [-0.2, -0.15) is 26.3 Å². The fourth-order valence-electron chi connectivity index (χ4n) is 5.09. The highest BCUT2D eigenvalue weighted by Crippen LogP contribution is 2.39. The number of methoxy groups -OCH3 is 1. The highest BCUT2D eigenvalue weighted by molar-refractivity contribution is 5.85. The zero-order valence-electron chi connectivity index (χ0n) is 22.8. The molecule has 0 bridgehead atoms. The molecule has 220 valence electrons. The minimum Gasteiger partial charge on any atom is -0.453 e. The number of halogens is 6. The minimum absolute atomic E-state index is 0.0767. The van der Waals surface area contributed by atoms with Crippen LogP contribution in [-0.2, 0) is 30.2 Å². The number of fused-ring (bicyclic) bond motifs is 1. The summed E-state index contributed by atoms with van der Waals surface area (Å²) in [6, 6.07) is 8.99. The van der Waals surface area contributed by atoms with Crippen LogP contribution in [0.5, 0.6) is 0 Å². The molecule has 3 aromatic rings. The Bertz CT molecular complexity index is 1380. The van der Waals surface area contributed by atoms with E-state index in [9.17, 15) is 31.1 Å². The molecule has 1 aromatic heterocycles. The van der Waals surface area contributed by atoms with E-state index in [4.69, 9.17) is 9.72 Å². The van der Waals surface area contributed by atoms with Crippen molar-refractivity contribution in [3.63, 3.8) is 0 Å². The molecule has 2 fully saturated rings. The Hall–Kier alpha value is -3.50. The Labute approximate surface area is 234 Å². The molecule has 2 saturated carbocycles. The van der Waals surface area contributed by atoms with Gasteiger partial charge in [-0.3, -0.25) is 4.90 Å². The van der Waals surface area contributed by atoms with Gasteiger partial charge in [-0.05, 0) is 79.8 Å². The number of para-hydroxylation sites is 1. The first-order valence-corrected chi connectivity index (χ1v) is 13.6. The van der Waals surface area contributed by atoms with Gasteiger partial charge in [0.2, 0.25) is 0 Å². The Morgan fingerprint density at radius 2 is 1.49 bits per heavy atom. The predicted molar refractivity (Wildman–Crippen MR) is 142 cm³/mol. The molecule has 5 nitrogen and oxygen atoms in total. The summed E-state index contributed by atoms with van der Waals surface area (Å²) in [4.78, 5) is 21.3. The van der Waals surface area contributed by atoms with Gasteiger partial charge in [0, 0.05) is 30.6 Å². The molecule has 11 heteroatoms. The second-order valence-electron chi connectivity index (χ2n) is 11.1. The molecule has 1 amide bonds. The molecule has 0 atom stereocenters. The van der Waals surface area contributed by atoms with Crippen LogP contribution in [0.1, 0.15) is 53.5 Å². The SMILES string of the molecule is COC(=O)N(Cc1cc(C(F)(F)F)cc(C(F)(F)F)c1)Cc1cc2cccc(C)c2nc1N(CC1CC1)CC1CC1. The number of rotatable bonds is 9. The molecule has 1 heterocycles. The number of aromatic nitrogens is 1. The lowest BCUT2D eigenvalue weighted by Crippen LogP contribution is -2.33. The fourth-order valence-corrected chi connectivity index (χ4v) is 5.09. The molecule has 0 unspecified atom stereocenters. The van der Waals surface area contributed by atoms with Crippen molar-refractivity contribution < 1.29 is 35.9 Å². The number of hydrogen-bond acceptors (Lipinski definition) is 4. The van der Waals surface area contributed by atoms with E-state index in [2.05, 4.69) is 4.90 Å². The number of hydrogen-bond donors (Lipinski definition) is 0. The predicted octanol–water partition coefficient (Wildman–Crippen LogP) is 7.98. The number of ether oxygens (including phenoxy) is 1. The summed E-state index contributed by atoms with van der Waals surface area (Å²) in [5.41, 5.74) is -0.748. The average molecular weight is 580 g/mol. The summed E-state index contributed by atoms with van der Waals surface area (Å²) in [5, 5.41) is 0.824. The van der Waals surface area contributed by atoms with E-state index in [0.717, 1.165) is 67.2 Å². The molecule has 41 heavy (non-hydrogen) atoms. The summed E-state index contributed by atoms with van der Waals surface area (Å²) in [6.07, 6.45) is -6.38. The summed E-state index contributed by atoms with van der Waals surface area (Å²) in [5.74, 6) is 1.76. The van der Waals surface area contributed by atoms with E-state index in [1.165, 1.54) is 0 Å². The van der Waals surface area contributed by atoms with Gasteiger partial charge in [0.05, 0.1) is 30.3 Å². The van der Waals surface area contributed by atoms with Crippen molar-refractivity contribution in [2.24, 2.45) is 11.8 Å². The molecule has 2 aromatic carbocycles. The van der Waals surface area contributed by atoms with Crippen LogP contribution in [0.4, 0.5) is 37.0 Å². The highest BCUT2D eigenvalue weighted by Gasteiger charge is 2.37. The third kappa shape index (κ3) is 7.05. The van der Waals surface area contributed by atoms with Gasteiger partial charge in [0.25, 0.3) is 0 Å². The van der Waals surface area contributed by atoms with E-state index in [0.29, 0.717) is 35.3 Å². The number of benzene rings is 2. The maximum atomic E-state index is 13.5. The average Bonchev–Trinajstić information content (AvgIpc) is 3.83. The normalized spacial score (nSPS) is 15.7. The minimum atomic E-state index is -4.99. The maximum Gasteiger partial charge on any atom is 0.416 e. The fraction of sp³-hybridized carbons (Fsp3) is 0.467. The largest absolute Gasteiger partial charge is 0.453 e. The maximum absolute atomic E-state index is 13.5. The van der Waals surface area contributed by atoms with Crippen LogP contribution in [-0.4, -0.2) is 36.2 Å². The van der Waals surface area contributed by atoms with Crippen LogP contribution >= 0.6 is 0 Å². The molecule has 0 radical (unpaired) electrons. The van der Waals surface area contributed by atoms with E-state index >= 15 is 0 Å². The molecule has 0 saturated heterocycles. The number of nitrogens with zero attached hydrogens (tertiary/aromatic N) is 3. The lowest BCUT2D eigenvalue weighted by atomic mass is 10.0. The van der Waals surface area contributed by atoms with Crippen molar-refractivity contribution >= 4 is 22.8 Å². The van der Waals surface area contributed by atoms with Crippen molar-refractivity contribution in [3.8, 4) is 0 Å². The quantitative estimate of drug-likeness (QED) is 0.241. The monoisotopic (exact) mass is 579 g/mol. The smallest absolute Gasteiger partial charge is 0.416 e. The van der Waals surface area contributed by atoms with E-state index in [1.54, 1.807) is 0 Å². The van der Waals surface area contributed by atoms with Crippen LogP contribution in [0.3, 0.4) is 0 Å². The molecule has 0 N–H and O–H groups in total. The third-order valence-electron chi connectivity index (χ3n) is 7.57. The van der Waals surface area contributed by atoms with E-state index in [1.807, 2.05) is 31.2 Å². The van der Waals surface area contributed by atoms with Crippen molar-refractivity contribution in [2.45, 2.75) is 58.0 Å². The number of carbonyl (C=O) groups excluding carboxylic acids is 1. The number of alkyl halides is 6. The van der Waals surface area contributed by atoms with Crippen molar-refractivity contribution in [3.05, 3.63) is 70.3 Å². The van der Waals surface area contributed by atoms with Gasteiger partial charge in [-0.15, -0.1) is 0 Å². The molecule has 2 aliphatic carbocycles. The van der Waals surface area contributed by atoms with Gasteiger partial charge >= 0.3 is 18.4 Å². The number of aryl methyl sites for hydroxylation is 1. The van der Waals surface area contributed by atoms with Gasteiger partial charge in [0.1, 0.15) is 5.82 Å². The first-order valence-electron chi connectivity index (χ1n) is 13.6. The first kappa shape index (κ1) is 29.0. The lowest BCUT2D eigenvalue weighted by Gasteiger charge is -2.29. The zero-order valence-corrected chi connectivity index (χ0v) is 22.8. The Kier molecular flexibility index (Phi) is 7.82. The lowest BCUT2D eigenvalue weighted by molar-refractivity contribution is -0.143. The Balaban J connectivity index is 1.55. The number of pyridine rings is 1. The second-order valence-corrected chi connectivity index (χ2v) is 11.1. The molecule has 5 rings (SSSR count). The molecule has 0 spiro atoms. The zero-order chi connectivity index (χ0) is 29.5. The van der Waals surface area contributed by atoms with Crippen LogP contribution in [0.15, 0.2) is 42.5 Å². The van der Waals surface area contributed by atoms with Gasteiger partial charge in [0.15, 0.2) is 0 Å².